The number of nitrogens with one attached hydrogen (secondary N) is 1. The fourth-order valence-corrected chi connectivity index (χ4v) is 3.55. The Morgan fingerprint density at radius 3 is 2.34 bits per heavy atom. The third-order valence-electron chi connectivity index (χ3n) is 4.29. The molecule has 0 radical (unpaired) electrons. The highest BCUT2D eigenvalue weighted by Gasteiger charge is 2.37. The van der Waals surface area contributed by atoms with E-state index in [9.17, 15) is 27.9 Å². The van der Waals surface area contributed by atoms with Gasteiger partial charge >= 0.3 is 11.9 Å². The lowest BCUT2D eigenvalue weighted by Gasteiger charge is -2.29. The molecule has 1 aromatic carbocycles. The lowest BCUT2D eigenvalue weighted by molar-refractivity contribution is -0.194. The number of ether oxygens (including phenoxy) is 2. The van der Waals surface area contributed by atoms with Crippen LogP contribution in [0.25, 0.3) is 0 Å². The Hall–Kier alpha value is -2.50. The molecular formula is C21H31NO9S. The smallest absolute Gasteiger partial charge is 0.338 e. The van der Waals surface area contributed by atoms with E-state index in [1.807, 2.05) is 6.07 Å². The molecular weight excluding hydrogens is 442 g/mol. The maximum absolute atomic E-state index is 12.2. The molecule has 0 aliphatic heterocycles. The SMILES string of the molecule is CC(=O)NCCCS(=O)(=O)OCC(C)(C)[C@@H](O)C(=O)OC(C)OC(=O)Cc1ccccc1. The molecule has 1 amide bonds. The fraction of sp³-hybridized carbons (Fsp3) is 0.571. The summed E-state index contributed by atoms with van der Waals surface area (Å²) in [5.41, 5.74) is -0.581. The quantitative estimate of drug-likeness (QED) is 0.185. The lowest BCUT2D eigenvalue weighted by Crippen LogP contribution is -2.43. The first kappa shape index (κ1) is 27.5. The van der Waals surface area contributed by atoms with Gasteiger partial charge in [-0.2, -0.15) is 8.42 Å². The maximum atomic E-state index is 12.2. The molecule has 0 saturated heterocycles. The average molecular weight is 474 g/mol. The van der Waals surface area contributed by atoms with Crippen molar-refractivity contribution in [3.63, 3.8) is 0 Å². The highest BCUT2D eigenvalue weighted by atomic mass is 32.2. The van der Waals surface area contributed by atoms with Crippen LogP contribution in [0.3, 0.4) is 0 Å². The van der Waals surface area contributed by atoms with Crippen molar-refractivity contribution in [1.82, 2.24) is 5.32 Å². The topological polar surface area (TPSA) is 145 Å². The lowest BCUT2D eigenvalue weighted by atomic mass is 9.88. The number of carbonyl (C=O) groups is 3. The standard InChI is InChI=1S/C21H31NO9S/c1-15(23)22-11-8-12-32(27,28)29-14-21(3,4)19(25)20(26)31-16(2)30-18(24)13-17-9-6-5-7-10-17/h5-7,9-10,16,19,25H,8,11-14H2,1-4H3,(H,22,23)/t16?,19-/m0/s1. The minimum Gasteiger partial charge on any atom is -0.425 e. The van der Waals surface area contributed by atoms with E-state index in [4.69, 9.17) is 13.7 Å². The number of hydrogen-bond donors (Lipinski definition) is 2. The predicted octanol–water partition coefficient (Wildman–Crippen LogP) is 0.921. The highest BCUT2D eigenvalue weighted by molar-refractivity contribution is 7.86. The monoisotopic (exact) mass is 473 g/mol. The minimum absolute atomic E-state index is 0.00951. The molecule has 1 rings (SSSR count). The van der Waals surface area contributed by atoms with E-state index in [1.54, 1.807) is 24.3 Å². The molecule has 0 fully saturated rings. The van der Waals surface area contributed by atoms with Crippen molar-refractivity contribution in [1.29, 1.82) is 0 Å². The number of amides is 1. The number of aliphatic hydroxyl groups is 1. The molecule has 1 aromatic rings. The van der Waals surface area contributed by atoms with Crippen molar-refractivity contribution in [2.24, 2.45) is 5.41 Å². The first-order chi connectivity index (χ1) is 14.8. The number of rotatable bonds is 13. The van der Waals surface area contributed by atoms with Crippen molar-refractivity contribution < 1.29 is 41.6 Å². The van der Waals surface area contributed by atoms with E-state index >= 15 is 0 Å². The van der Waals surface area contributed by atoms with Crippen LogP contribution in [0.1, 0.15) is 39.7 Å². The molecule has 1 unspecified atom stereocenters. The van der Waals surface area contributed by atoms with Crippen LogP contribution in [0, 0.1) is 5.41 Å². The van der Waals surface area contributed by atoms with Crippen LogP contribution in [0.5, 0.6) is 0 Å². The molecule has 0 bridgehead atoms. The Labute approximate surface area is 188 Å². The van der Waals surface area contributed by atoms with Crippen LogP contribution >= 0.6 is 0 Å². The summed E-state index contributed by atoms with van der Waals surface area (Å²) in [5.74, 6) is -2.30. The van der Waals surface area contributed by atoms with Crippen LogP contribution in [0.4, 0.5) is 0 Å². The summed E-state index contributed by atoms with van der Waals surface area (Å²) < 4.78 is 38.8. The van der Waals surface area contributed by atoms with E-state index in [0.29, 0.717) is 0 Å². The Kier molecular flexibility index (Phi) is 10.8. The van der Waals surface area contributed by atoms with Gasteiger partial charge in [0.05, 0.1) is 18.8 Å². The zero-order valence-electron chi connectivity index (χ0n) is 18.7. The first-order valence-corrected chi connectivity index (χ1v) is 11.6. The van der Waals surface area contributed by atoms with Gasteiger partial charge in [-0.3, -0.25) is 13.8 Å². The second kappa shape index (κ2) is 12.5. The predicted molar refractivity (Wildman–Crippen MR) is 115 cm³/mol. The van der Waals surface area contributed by atoms with Crippen molar-refractivity contribution in [3.8, 4) is 0 Å². The van der Waals surface area contributed by atoms with Gasteiger partial charge < -0.3 is 19.9 Å². The molecule has 2 N–H and O–H groups in total. The summed E-state index contributed by atoms with van der Waals surface area (Å²) in [6, 6.07) is 8.85. The molecule has 32 heavy (non-hydrogen) atoms. The summed E-state index contributed by atoms with van der Waals surface area (Å²) in [6.45, 7) is 5.20. The number of hydrogen-bond acceptors (Lipinski definition) is 9. The normalized spacial score (nSPS) is 13.7. The highest BCUT2D eigenvalue weighted by Crippen LogP contribution is 2.24. The summed E-state index contributed by atoms with van der Waals surface area (Å²) in [4.78, 5) is 35.0. The zero-order valence-corrected chi connectivity index (χ0v) is 19.5. The minimum atomic E-state index is -3.92. The van der Waals surface area contributed by atoms with Gasteiger partial charge in [0.15, 0.2) is 6.10 Å². The van der Waals surface area contributed by atoms with Crippen LogP contribution in [-0.2, 0) is 44.6 Å². The largest absolute Gasteiger partial charge is 0.425 e. The second-order valence-electron chi connectivity index (χ2n) is 7.91. The van der Waals surface area contributed by atoms with Gasteiger partial charge in [0, 0.05) is 25.8 Å². The van der Waals surface area contributed by atoms with E-state index < -0.39 is 46.5 Å². The van der Waals surface area contributed by atoms with Crippen LogP contribution < -0.4 is 5.32 Å². The Morgan fingerprint density at radius 2 is 1.75 bits per heavy atom. The summed E-state index contributed by atoms with van der Waals surface area (Å²) in [5, 5.41) is 12.8. The molecule has 10 nitrogen and oxygen atoms in total. The fourth-order valence-electron chi connectivity index (χ4n) is 2.45. The maximum Gasteiger partial charge on any atom is 0.338 e. The molecule has 0 aliphatic rings. The average Bonchev–Trinajstić information content (AvgIpc) is 2.69. The third-order valence-corrected chi connectivity index (χ3v) is 5.56. The van der Waals surface area contributed by atoms with Gasteiger partial charge in [-0.1, -0.05) is 44.2 Å². The molecule has 0 aliphatic carbocycles. The summed E-state index contributed by atoms with van der Waals surface area (Å²) in [6.07, 6.45) is -2.83. The Bertz CT molecular complexity index is 869. The van der Waals surface area contributed by atoms with Crippen molar-refractivity contribution in [2.45, 2.75) is 52.9 Å². The molecule has 180 valence electrons. The Balaban J connectivity index is 2.49. The van der Waals surface area contributed by atoms with Gasteiger partial charge in [-0.05, 0) is 12.0 Å². The number of carbonyl (C=O) groups excluding carboxylic acids is 3. The molecule has 0 heterocycles. The first-order valence-electron chi connectivity index (χ1n) is 10.1. The number of benzene rings is 1. The number of aliphatic hydroxyl groups excluding tert-OH is 1. The molecule has 0 aromatic heterocycles. The third kappa shape index (κ3) is 10.7. The van der Waals surface area contributed by atoms with Crippen LogP contribution in [0.15, 0.2) is 30.3 Å². The molecule has 0 spiro atoms. The molecule has 11 heteroatoms. The number of esters is 2. The Morgan fingerprint density at radius 1 is 1.12 bits per heavy atom. The van der Waals surface area contributed by atoms with Crippen molar-refractivity contribution in [2.75, 3.05) is 18.9 Å². The van der Waals surface area contributed by atoms with Crippen molar-refractivity contribution in [3.05, 3.63) is 35.9 Å². The second-order valence-corrected chi connectivity index (χ2v) is 9.67. The van der Waals surface area contributed by atoms with E-state index in [-0.39, 0.29) is 31.0 Å². The van der Waals surface area contributed by atoms with Gasteiger partial charge in [0.1, 0.15) is 0 Å². The van der Waals surface area contributed by atoms with E-state index in [2.05, 4.69) is 5.32 Å². The van der Waals surface area contributed by atoms with Gasteiger partial charge in [-0.25, -0.2) is 4.79 Å². The summed E-state index contributed by atoms with van der Waals surface area (Å²) in [7, 11) is -3.92. The van der Waals surface area contributed by atoms with Gasteiger partial charge in [0.25, 0.3) is 10.1 Å². The van der Waals surface area contributed by atoms with E-state index in [1.165, 1.54) is 27.7 Å². The van der Waals surface area contributed by atoms with Gasteiger partial charge in [-0.15, -0.1) is 0 Å². The van der Waals surface area contributed by atoms with Gasteiger partial charge in [0.2, 0.25) is 12.2 Å². The van der Waals surface area contributed by atoms with E-state index in [0.717, 1.165) is 5.56 Å². The van der Waals surface area contributed by atoms with Crippen LogP contribution in [0.2, 0.25) is 0 Å². The zero-order chi connectivity index (χ0) is 24.4. The van der Waals surface area contributed by atoms with Crippen LogP contribution in [-0.4, -0.2) is 62.7 Å². The molecule has 2 atom stereocenters. The summed E-state index contributed by atoms with van der Waals surface area (Å²) >= 11 is 0. The van der Waals surface area contributed by atoms with Crippen molar-refractivity contribution >= 4 is 28.0 Å². The molecule has 0 saturated carbocycles.